The van der Waals surface area contributed by atoms with E-state index in [4.69, 9.17) is 20.2 Å². The summed E-state index contributed by atoms with van der Waals surface area (Å²) in [6, 6.07) is 4.66. The van der Waals surface area contributed by atoms with Crippen molar-refractivity contribution >= 4 is 19.7 Å². The van der Waals surface area contributed by atoms with Crippen LogP contribution in [0, 0.1) is 0 Å². The summed E-state index contributed by atoms with van der Waals surface area (Å²) in [6.45, 7) is 7.65. The molecule has 0 spiro atoms. The van der Waals surface area contributed by atoms with Gasteiger partial charge in [-0.1, -0.05) is 20.8 Å². The molecule has 0 fully saturated rings. The molecule has 0 aliphatic heterocycles. The predicted octanol–water partition coefficient (Wildman–Crippen LogP) is 3.54. The number of benzene rings is 1. The van der Waals surface area contributed by atoms with Gasteiger partial charge in [-0.05, 0) is 36.1 Å². The van der Waals surface area contributed by atoms with Crippen molar-refractivity contribution in [2.24, 2.45) is 0 Å². The molecule has 0 amide bonds. The lowest BCUT2D eigenvalue weighted by Crippen LogP contribution is -2.09. The molecule has 0 aliphatic rings. The van der Waals surface area contributed by atoms with E-state index < -0.39 is 9.05 Å². The van der Waals surface area contributed by atoms with Crippen molar-refractivity contribution in [2.45, 2.75) is 38.0 Å². The van der Waals surface area contributed by atoms with Crippen molar-refractivity contribution < 1.29 is 17.9 Å². The van der Waals surface area contributed by atoms with Gasteiger partial charge in [0.1, 0.15) is 12.4 Å². The molecular weight excluding hydrogens is 300 g/mol. The number of hydrogen-bond acceptors (Lipinski definition) is 4. The minimum absolute atomic E-state index is 0.0949. The molecule has 1 aromatic rings. The molecule has 0 radical (unpaired) electrons. The maximum atomic E-state index is 11.4. The van der Waals surface area contributed by atoms with Gasteiger partial charge in [0.05, 0.1) is 11.5 Å². The Morgan fingerprint density at radius 2 is 1.90 bits per heavy atom. The van der Waals surface area contributed by atoms with Gasteiger partial charge >= 0.3 is 0 Å². The van der Waals surface area contributed by atoms with Crippen molar-refractivity contribution in [2.75, 3.05) is 19.8 Å². The molecule has 0 saturated heterocycles. The maximum Gasteiger partial charge on any atom is 0.261 e. The molecule has 0 atom stereocenters. The topological polar surface area (TPSA) is 52.6 Å². The van der Waals surface area contributed by atoms with Crippen LogP contribution in [0.3, 0.4) is 0 Å². The number of rotatable bonds is 8. The van der Waals surface area contributed by atoms with Crippen LogP contribution < -0.4 is 4.74 Å². The van der Waals surface area contributed by atoms with Gasteiger partial charge in [-0.3, -0.25) is 0 Å². The van der Waals surface area contributed by atoms with Crippen LogP contribution in [0.1, 0.15) is 38.7 Å². The van der Waals surface area contributed by atoms with Crippen molar-refractivity contribution in [3.8, 4) is 5.75 Å². The Kier molecular flexibility index (Phi) is 6.79. The third-order valence-electron chi connectivity index (χ3n) is 2.72. The summed E-state index contributed by atoms with van der Waals surface area (Å²) in [5, 5.41) is 0. The summed E-state index contributed by atoms with van der Waals surface area (Å²) in [6.07, 6.45) is 0.972. The molecule has 0 N–H and O–H groups in total. The van der Waals surface area contributed by atoms with Crippen LogP contribution >= 0.6 is 10.7 Å². The van der Waals surface area contributed by atoms with Gasteiger partial charge in [-0.2, -0.15) is 0 Å². The van der Waals surface area contributed by atoms with E-state index >= 15 is 0 Å². The van der Waals surface area contributed by atoms with Crippen LogP contribution in [0.4, 0.5) is 0 Å². The zero-order valence-electron chi connectivity index (χ0n) is 12.1. The lowest BCUT2D eigenvalue weighted by molar-refractivity contribution is 0.100. The first kappa shape index (κ1) is 17.3. The van der Waals surface area contributed by atoms with E-state index in [0.29, 0.717) is 25.6 Å². The van der Waals surface area contributed by atoms with Crippen molar-refractivity contribution in [1.82, 2.24) is 0 Å². The summed E-state index contributed by atoms with van der Waals surface area (Å²) in [5.74, 6) is 0.809. The Morgan fingerprint density at radius 1 is 1.20 bits per heavy atom. The fraction of sp³-hybridized carbons (Fsp3) is 0.571. The number of ether oxygens (including phenoxy) is 2. The highest BCUT2D eigenvalue weighted by atomic mass is 35.7. The Labute approximate surface area is 125 Å². The van der Waals surface area contributed by atoms with Crippen molar-refractivity contribution in [3.05, 3.63) is 23.8 Å². The second-order valence-electron chi connectivity index (χ2n) is 4.75. The van der Waals surface area contributed by atoms with E-state index in [1.165, 1.54) is 6.07 Å². The summed E-state index contributed by atoms with van der Waals surface area (Å²) in [4.78, 5) is 0.0949. The zero-order chi connectivity index (χ0) is 15.2. The van der Waals surface area contributed by atoms with Gasteiger partial charge in [-0.25, -0.2) is 8.42 Å². The van der Waals surface area contributed by atoms with Gasteiger partial charge < -0.3 is 9.47 Å². The minimum atomic E-state index is -3.72. The molecule has 6 heteroatoms. The van der Waals surface area contributed by atoms with Crippen LogP contribution in [0.2, 0.25) is 0 Å². The molecule has 20 heavy (non-hydrogen) atoms. The largest absolute Gasteiger partial charge is 0.491 e. The molecule has 1 aromatic carbocycles. The second kappa shape index (κ2) is 7.86. The lowest BCUT2D eigenvalue weighted by Gasteiger charge is -2.15. The molecule has 0 aromatic heterocycles. The average Bonchev–Trinajstić information content (AvgIpc) is 2.37. The first-order chi connectivity index (χ1) is 9.36. The van der Waals surface area contributed by atoms with E-state index in [1.54, 1.807) is 12.1 Å². The Bertz CT molecular complexity index is 526. The molecule has 0 bridgehead atoms. The molecule has 0 saturated carbocycles. The Hall–Kier alpha value is -0.780. The fourth-order valence-corrected chi connectivity index (χ4v) is 2.50. The molecule has 0 aliphatic carbocycles. The monoisotopic (exact) mass is 320 g/mol. The van der Waals surface area contributed by atoms with E-state index in [-0.39, 0.29) is 10.8 Å². The quantitative estimate of drug-likeness (QED) is 0.543. The summed E-state index contributed by atoms with van der Waals surface area (Å²) >= 11 is 0. The predicted molar refractivity (Wildman–Crippen MR) is 80.2 cm³/mol. The molecule has 0 unspecified atom stereocenters. The lowest BCUT2D eigenvalue weighted by atomic mass is 10.0. The maximum absolute atomic E-state index is 11.4. The molecule has 4 nitrogen and oxygen atoms in total. The van der Waals surface area contributed by atoms with Crippen LogP contribution in [-0.2, 0) is 13.8 Å². The standard InChI is InChI=1S/C14H21ClO4S/c1-4-7-18-8-9-19-14-6-5-12(20(15,16)17)10-13(14)11(2)3/h5-6,10-11H,4,7-9H2,1-3H3. The van der Waals surface area contributed by atoms with E-state index in [0.717, 1.165) is 12.0 Å². The minimum Gasteiger partial charge on any atom is -0.491 e. The smallest absolute Gasteiger partial charge is 0.261 e. The first-order valence-electron chi connectivity index (χ1n) is 6.65. The molecule has 114 valence electrons. The van der Waals surface area contributed by atoms with Gasteiger partial charge in [0.2, 0.25) is 0 Å². The SMILES string of the molecule is CCCOCCOc1ccc(S(=O)(=O)Cl)cc1C(C)C. The normalized spacial score (nSPS) is 11.8. The molecular formula is C14H21ClO4S. The Morgan fingerprint density at radius 3 is 2.45 bits per heavy atom. The number of halogens is 1. The summed E-state index contributed by atoms with van der Waals surface area (Å²) in [5.41, 5.74) is 0.821. The van der Waals surface area contributed by atoms with E-state index in [1.807, 2.05) is 20.8 Å². The van der Waals surface area contributed by atoms with Crippen molar-refractivity contribution in [1.29, 1.82) is 0 Å². The third kappa shape index (κ3) is 5.31. The van der Waals surface area contributed by atoms with Crippen LogP contribution in [-0.4, -0.2) is 28.2 Å². The van der Waals surface area contributed by atoms with Crippen LogP contribution in [0.15, 0.2) is 23.1 Å². The highest BCUT2D eigenvalue weighted by molar-refractivity contribution is 8.13. The summed E-state index contributed by atoms with van der Waals surface area (Å²) < 4.78 is 33.7. The van der Waals surface area contributed by atoms with Crippen molar-refractivity contribution in [3.63, 3.8) is 0 Å². The van der Waals surface area contributed by atoms with Gasteiger partial charge in [0, 0.05) is 17.3 Å². The highest BCUT2D eigenvalue weighted by Crippen LogP contribution is 2.30. The third-order valence-corrected chi connectivity index (χ3v) is 4.07. The average molecular weight is 321 g/mol. The molecule has 1 rings (SSSR count). The van der Waals surface area contributed by atoms with Gasteiger partial charge in [-0.15, -0.1) is 0 Å². The first-order valence-corrected chi connectivity index (χ1v) is 8.96. The second-order valence-corrected chi connectivity index (χ2v) is 7.32. The van der Waals surface area contributed by atoms with Crippen LogP contribution in [0.5, 0.6) is 5.75 Å². The number of hydrogen-bond donors (Lipinski definition) is 0. The Balaban J connectivity index is 2.81. The zero-order valence-corrected chi connectivity index (χ0v) is 13.6. The van der Waals surface area contributed by atoms with Gasteiger partial charge in [0.25, 0.3) is 9.05 Å². The molecule has 0 heterocycles. The van der Waals surface area contributed by atoms with Gasteiger partial charge in [0.15, 0.2) is 0 Å². The fourth-order valence-electron chi connectivity index (χ4n) is 1.72. The summed E-state index contributed by atoms with van der Waals surface area (Å²) in [7, 11) is 1.64. The highest BCUT2D eigenvalue weighted by Gasteiger charge is 2.15. The van der Waals surface area contributed by atoms with E-state index in [9.17, 15) is 8.42 Å². The van der Waals surface area contributed by atoms with Crippen LogP contribution in [0.25, 0.3) is 0 Å². The van der Waals surface area contributed by atoms with E-state index in [2.05, 4.69) is 0 Å².